The molecule has 334 valence electrons. The molecule has 0 aliphatic rings. The lowest BCUT2D eigenvalue weighted by molar-refractivity contribution is -0.167. The third-order valence-corrected chi connectivity index (χ3v) is 10.2. The lowest BCUT2D eigenvalue weighted by atomic mass is 10.0. The molecule has 0 aromatic rings. The second-order valence-electron chi connectivity index (χ2n) is 16.0. The average Bonchev–Trinajstić information content (AvgIpc) is 3.22. The molecule has 0 saturated heterocycles. The summed E-state index contributed by atoms with van der Waals surface area (Å²) in [5.74, 6) is -0.993. The highest BCUT2D eigenvalue weighted by Crippen LogP contribution is 2.14. The summed E-state index contributed by atoms with van der Waals surface area (Å²) in [5, 5.41) is 0. The van der Waals surface area contributed by atoms with Crippen LogP contribution in [0.2, 0.25) is 0 Å². The van der Waals surface area contributed by atoms with E-state index < -0.39 is 6.10 Å². The van der Waals surface area contributed by atoms with Crippen molar-refractivity contribution < 1.29 is 28.6 Å². The Morgan fingerprint density at radius 3 is 1.07 bits per heavy atom. The van der Waals surface area contributed by atoms with Crippen molar-refractivity contribution in [2.24, 2.45) is 0 Å². The number of rotatable bonds is 43. The number of carbonyl (C=O) groups excluding carboxylic acids is 3. The molecule has 0 N–H and O–H groups in total. The second-order valence-corrected chi connectivity index (χ2v) is 16.0. The van der Waals surface area contributed by atoms with Gasteiger partial charge < -0.3 is 14.2 Å². The Morgan fingerprint density at radius 2 is 0.638 bits per heavy atom. The van der Waals surface area contributed by atoms with Crippen molar-refractivity contribution in [1.29, 1.82) is 0 Å². The summed E-state index contributed by atoms with van der Waals surface area (Å²) in [6.07, 6.45) is 56.5. The molecule has 0 aromatic carbocycles. The summed E-state index contributed by atoms with van der Waals surface area (Å²) in [7, 11) is 0. The summed E-state index contributed by atoms with van der Waals surface area (Å²) in [6, 6.07) is 0. The molecular weight excluding hydrogens is 721 g/mol. The fourth-order valence-corrected chi connectivity index (χ4v) is 6.56. The maximum Gasteiger partial charge on any atom is 0.306 e. The van der Waals surface area contributed by atoms with Gasteiger partial charge in [-0.2, -0.15) is 0 Å². The van der Waals surface area contributed by atoms with Crippen LogP contribution < -0.4 is 0 Å². The molecule has 1 unspecified atom stereocenters. The minimum Gasteiger partial charge on any atom is -0.462 e. The number of ether oxygens (including phenoxy) is 3. The van der Waals surface area contributed by atoms with E-state index in [0.717, 1.165) is 57.8 Å². The molecule has 0 aromatic heterocycles. The molecule has 0 spiro atoms. The first kappa shape index (κ1) is 55.1. The van der Waals surface area contributed by atoms with Crippen molar-refractivity contribution in [1.82, 2.24) is 0 Å². The van der Waals surface area contributed by atoms with E-state index in [1.54, 1.807) is 0 Å². The van der Waals surface area contributed by atoms with Crippen LogP contribution in [0.15, 0.2) is 60.8 Å². The lowest BCUT2D eigenvalue weighted by Gasteiger charge is -2.18. The molecule has 0 radical (unpaired) electrons. The molecule has 0 aliphatic heterocycles. The van der Waals surface area contributed by atoms with E-state index in [9.17, 15) is 14.4 Å². The first-order valence-electron chi connectivity index (χ1n) is 24.3. The van der Waals surface area contributed by atoms with Gasteiger partial charge in [0, 0.05) is 19.3 Å². The molecule has 58 heavy (non-hydrogen) atoms. The van der Waals surface area contributed by atoms with Gasteiger partial charge in [-0.1, -0.05) is 197 Å². The van der Waals surface area contributed by atoms with E-state index in [1.165, 1.54) is 122 Å². The number of unbranched alkanes of at least 4 members (excludes halogenated alkanes) is 22. The van der Waals surface area contributed by atoms with Crippen molar-refractivity contribution in [3.05, 3.63) is 60.8 Å². The van der Waals surface area contributed by atoms with Crippen LogP contribution in [0.25, 0.3) is 0 Å². The van der Waals surface area contributed by atoms with Crippen LogP contribution in [0.1, 0.15) is 233 Å². The van der Waals surface area contributed by atoms with Crippen molar-refractivity contribution in [3.8, 4) is 0 Å². The Hall–Kier alpha value is -2.89. The van der Waals surface area contributed by atoms with Gasteiger partial charge in [0.15, 0.2) is 6.10 Å². The second kappa shape index (κ2) is 46.8. The molecule has 0 saturated carbocycles. The Labute approximate surface area is 358 Å². The fraction of sp³-hybridized carbons (Fsp3) is 0.750. The zero-order valence-electron chi connectivity index (χ0n) is 38.0. The summed E-state index contributed by atoms with van der Waals surface area (Å²) >= 11 is 0. The summed E-state index contributed by atoms with van der Waals surface area (Å²) < 4.78 is 16.6. The highest BCUT2D eigenvalue weighted by Gasteiger charge is 2.19. The molecule has 0 fully saturated rings. The average molecular weight is 811 g/mol. The summed E-state index contributed by atoms with van der Waals surface area (Å²) in [4.78, 5) is 37.7. The number of hydrogen-bond donors (Lipinski definition) is 0. The third-order valence-electron chi connectivity index (χ3n) is 10.2. The number of hydrogen-bond acceptors (Lipinski definition) is 6. The minimum atomic E-state index is -0.802. The first-order chi connectivity index (χ1) is 28.5. The van der Waals surface area contributed by atoms with Gasteiger partial charge in [0.1, 0.15) is 13.2 Å². The van der Waals surface area contributed by atoms with E-state index in [1.807, 2.05) is 0 Å². The molecule has 0 bridgehead atoms. The Bertz CT molecular complexity index is 1070. The Balaban J connectivity index is 4.44. The van der Waals surface area contributed by atoms with Gasteiger partial charge in [0.2, 0.25) is 0 Å². The lowest BCUT2D eigenvalue weighted by Crippen LogP contribution is -2.30. The van der Waals surface area contributed by atoms with E-state index in [0.29, 0.717) is 25.7 Å². The maximum absolute atomic E-state index is 12.7. The smallest absolute Gasteiger partial charge is 0.306 e. The van der Waals surface area contributed by atoms with Crippen molar-refractivity contribution in [2.75, 3.05) is 13.2 Å². The topological polar surface area (TPSA) is 78.9 Å². The zero-order chi connectivity index (χ0) is 42.3. The highest BCUT2D eigenvalue weighted by atomic mass is 16.6. The molecule has 0 heterocycles. The van der Waals surface area contributed by atoms with Crippen LogP contribution in [-0.4, -0.2) is 37.2 Å². The molecular formula is C52H90O6. The van der Waals surface area contributed by atoms with Crippen LogP contribution in [0.3, 0.4) is 0 Å². The van der Waals surface area contributed by atoms with Gasteiger partial charge in [-0.25, -0.2) is 0 Å². The number of esters is 3. The minimum absolute atomic E-state index is 0.105. The quantitative estimate of drug-likeness (QED) is 0.0264. The van der Waals surface area contributed by atoms with Crippen LogP contribution in [0.4, 0.5) is 0 Å². The van der Waals surface area contributed by atoms with Gasteiger partial charge in [-0.3, -0.25) is 14.4 Å². The zero-order valence-corrected chi connectivity index (χ0v) is 38.0. The fourth-order valence-electron chi connectivity index (χ4n) is 6.56. The van der Waals surface area contributed by atoms with E-state index in [2.05, 4.69) is 81.5 Å². The van der Waals surface area contributed by atoms with Crippen molar-refractivity contribution in [2.45, 2.75) is 239 Å². The van der Waals surface area contributed by atoms with E-state index in [-0.39, 0.29) is 37.5 Å². The largest absolute Gasteiger partial charge is 0.462 e. The molecule has 0 amide bonds. The predicted molar refractivity (Wildman–Crippen MR) is 247 cm³/mol. The monoisotopic (exact) mass is 811 g/mol. The van der Waals surface area contributed by atoms with Crippen molar-refractivity contribution >= 4 is 17.9 Å². The number of carbonyl (C=O) groups is 3. The van der Waals surface area contributed by atoms with Gasteiger partial charge >= 0.3 is 17.9 Å². The molecule has 6 nitrogen and oxygen atoms in total. The standard InChI is InChI=1S/C52H90O6/c1-4-7-10-13-16-19-21-23-25-26-27-29-30-33-36-39-42-45-51(54)57-48-49(47-56-50(53)44-41-38-35-32-18-15-12-9-6-3)58-52(55)46-43-40-37-34-31-28-24-22-20-17-14-11-8-5-2/h16,19,23,25,27,29,32-33,35-36,49H,4-15,17-18,20-22,24,26,28,30-31,34,37-48H2,1-3H3/b19-16-,25-23-,29-27-,35-32-,36-33-. The Kier molecular flexibility index (Phi) is 44.5. The van der Waals surface area contributed by atoms with Crippen LogP contribution in [0, 0.1) is 0 Å². The normalized spacial score (nSPS) is 12.5. The molecule has 0 rings (SSSR count). The van der Waals surface area contributed by atoms with E-state index in [4.69, 9.17) is 14.2 Å². The SMILES string of the molecule is CCCCC/C=C\C/C=C\C/C=C\C/C=C\CCCC(=O)OCC(COC(=O)CCC/C=C\CCCCCC)OC(=O)CCCCCCCCCCCCCCCC. The van der Waals surface area contributed by atoms with E-state index >= 15 is 0 Å². The first-order valence-corrected chi connectivity index (χ1v) is 24.3. The van der Waals surface area contributed by atoms with Gasteiger partial charge in [-0.05, 0) is 77.0 Å². The van der Waals surface area contributed by atoms with Gasteiger partial charge in [-0.15, -0.1) is 0 Å². The molecule has 6 heteroatoms. The number of allylic oxidation sites excluding steroid dienone is 10. The molecule has 0 aliphatic carbocycles. The van der Waals surface area contributed by atoms with Crippen LogP contribution in [-0.2, 0) is 28.6 Å². The summed E-state index contributed by atoms with van der Waals surface area (Å²) in [6.45, 7) is 6.50. The van der Waals surface area contributed by atoms with Gasteiger partial charge in [0.05, 0.1) is 0 Å². The maximum atomic E-state index is 12.7. The highest BCUT2D eigenvalue weighted by molar-refractivity contribution is 5.71. The Morgan fingerprint density at radius 1 is 0.345 bits per heavy atom. The third kappa shape index (κ3) is 44.2. The van der Waals surface area contributed by atoms with Gasteiger partial charge in [0.25, 0.3) is 0 Å². The van der Waals surface area contributed by atoms with Crippen molar-refractivity contribution in [3.63, 3.8) is 0 Å². The predicted octanol–water partition coefficient (Wildman–Crippen LogP) is 15.7. The molecule has 1 atom stereocenters. The van der Waals surface area contributed by atoms with Crippen LogP contribution in [0.5, 0.6) is 0 Å². The summed E-state index contributed by atoms with van der Waals surface area (Å²) in [5.41, 5.74) is 0. The van der Waals surface area contributed by atoms with Crippen LogP contribution >= 0.6 is 0 Å².